The predicted molar refractivity (Wildman–Crippen MR) is 69.6 cm³/mol. The van der Waals surface area contributed by atoms with Gasteiger partial charge in [0.2, 0.25) is 5.75 Å². The molecule has 0 saturated heterocycles. The highest BCUT2D eigenvalue weighted by Gasteiger charge is 2.15. The number of ether oxygens (including phenoxy) is 1. The molecule has 0 fully saturated rings. The van der Waals surface area contributed by atoms with Crippen LogP contribution in [0.3, 0.4) is 0 Å². The molecule has 0 aliphatic heterocycles. The summed E-state index contributed by atoms with van der Waals surface area (Å²) in [6, 6.07) is 10.7. The summed E-state index contributed by atoms with van der Waals surface area (Å²) in [5.41, 5.74) is 7.48. The van der Waals surface area contributed by atoms with Crippen molar-refractivity contribution in [2.24, 2.45) is 5.73 Å². The zero-order chi connectivity index (χ0) is 13.7. The van der Waals surface area contributed by atoms with Gasteiger partial charge in [-0.2, -0.15) is 0 Å². The number of nitrogens with zero attached hydrogens (tertiary/aromatic N) is 2. The molecule has 2 aromatic rings. The molecule has 98 valence electrons. The third kappa shape index (κ3) is 3.05. The van der Waals surface area contributed by atoms with Crippen LogP contribution in [0.5, 0.6) is 5.75 Å². The largest absolute Gasteiger partial charge is 0.481 e. The van der Waals surface area contributed by atoms with E-state index in [4.69, 9.17) is 10.5 Å². The fraction of sp³-hybridized carbons (Fsp3) is 0.154. The molecule has 0 amide bonds. The molecule has 0 aliphatic rings. The molecule has 6 heteroatoms. The van der Waals surface area contributed by atoms with E-state index in [2.05, 4.69) is 4.98 Å². The molecular formula is C13H13N3O3. The van der Waals surface area contributed by atoms with Crippen molar-refractivity contribution in [3.63, 3.8) is 0 Å². The molecule has 0 spiro atoms. The van der Waals surface area contributed by atoms with Crippen LogP contribution in [0.15, 0.2) is 42.6 Å². The Kier molecular flexibility index (Phi) is 4.04. The SMILES string of the molecule is NCc1ccccc1COc1cccnc1[N+](=O)[O-]. The second kappa shape index (κ2) is 5.92. The zero-order valence-corrected chi connectivity index (χ0v) is 10.2. The van der Waals surface area contributed by atoms with Crippen molar-refractivity contribution < 1.29 is 9.66 Å². The van der Waals surface area contributed by atoms with E-state index >= 15 is 0 Å². The van der Waals surface area contributed by atoms with E-state index in [9.17, 15) is 10.1 Å². The molecule has 0 atom stereocenters. The second-order valence-corrected chi connectivity index (χ2v) is 3.84. The van der Waals surface area contributed by atoms with Crippen LogP contribution in [-0.4, -0.2) is 9.91 Å². The summed E-state index contributed by atoms with van der Waals surface area (Å²) in [5, 5.41) is 10.8. The molecule has 6 nitrogen and oxygen atoms in total. The third-order valence-electron chi connectivity index (χ3n) is 2.65. The fourth-order valence-electron chi connectivity index (χ4n) is 1.68. The van der Waals surface area contributed by atoms with Gasteiger partial charge >= 0.3 is 5.82 Å². The predicted octanol–water partition coefficient (Wildman–Crippen LogP) is 2.03. The van der Waals surface area contributed by atoms with Crippen LogP contribution >= 0.6 is 0 Å². The normalized spacial score (nSPS) is 10.2. The highest BCUT2D eigenvalue weighted by molar-refractivity contribution is 5.39. The molecule has 1 aromatic carbocycles. The number of pyridine rings is 1. The molecule has 0 aliphatic carbocycles. The van der Waals surface area contributed by atoms with E-state index in [0.29, 0.717) is 6.54 Å². The van der Waals surface area contributed by atoms with Gasteiger partial charge in [0.1, 0.15) is 12.8 Å². The minimum atomic E-state index is -0.565. The van der Waals surface area contributed by atoms with Gasteiger partial charge in [-0.05, 0) is 33.2 Å². The van der Waals surface area contributed by atoms with Gasteiger partial charge in [0.15, 0.2) is 0 Å². The van der Waals surface area contributed by atoms with E-state index in [1.807, 2.05) is 24.3 Å². The molecule has 0 saturated carbocycles. The number of benzene rings is 1. The van der Waals surface area contributed by atoms with E-state index in [1.165, 1.54) is 12.3 Å². The molecule has 0 bridgehead atoms. The Bertz CT molecular complexity index is 587. The minimum absolute atomic E-state index is 0.152. The first-order valence-corrected chi connectivity index (χ1v) is 5.71. The van der Waals surface area contributed by atoms with Gasteiger partial charge in [-0.1, -0.05) is 24.3 Å². The molecule has 0 unspecified atom stereocenters. The van der Waals surface area contributed by atoms with Gasteiger partial charge < -0.3 is 20.6 Å². The average Bonchev–Trinajstić information content (AvgIpc) is 2.45. The molecule has 2 rings (SSSR count). The Hall–Kier alpha value is -2.47. The van der Waals surface area contributed by atoms with Crippen LogP contribution in [-0.2, 0) is 13.2 Å². The highest BCUT2D eigenvalue weighted by atomic mass is 16.6. The minimum Gasteiger partial charge on any atom is -0.481 e. The van der Waals surface area contributed by atoms with Crippen LogP contribution in [0, 0.1) is 10.1 Å². The van der Waals surface area contributed by atoms with Gasteiger partial charge in [0.05, 0.1) is 0 Å². The van der Waals surface area contributed by atoms with Crippen molar-refractivity contribution in [3.05, 3.63) is 63.8 Å². The van der Waals surface area contributed by atoms with E-state index < -0.39 is 4.92 Å². The Morgan fingerprint density at radius 1 is 1.21 bits per heavy atom. The van der Waals surface area contributed by atoms with Crippen molar-refractivity contribution in [2.75, 3.05) is 0 Å². The van der Waals surface area contributed by atoms with Crippen molar-refractivity contribution >= 4 is 5.82 Å². The molecule has 19 heavy (non-hydrogen) atoms. The van der Waals surface area contributed by atoms with Gasteiger partial charge in [0, 0.05) is 6.54 Å². The number of nitrogens with two attached hydrogens (primary N) is 1. The van der Waals surface area contributed by atoms with Gasteiger partial charge in [-0.15, -0.1) is 0 Å². The maximum Gasteiger partial charge on any atom is 0.406 e. The molecule has 1 heterocycles. The Morgan fingerprint density at radius 2 is 1.95 bits per heavy atom. The Labute approximate surface area is 110 Å². The number of aromatic nitrogens is 1. The maximum absolute atomic E-state index is 10.8. The monoisotopic (exact) mass is 259 g/mol. The number of hydrogen-bond donors (Lipinski definition) is 1. The highest BCUT2D eigenvalue weighted by Crippen LogP contribution is 2.24. The van der Waals surface area contributed by atoms with Gasteiger partial charge in [0.25, 0.3) is 0 Å². The van der Waals surface area contributed by atoms with Crippen molar-refractivity contribution in [1.29, 1.82) is 0 Å². The smallest absolute Gasteiger partial charge is 0.406 e. The van der Waals surface area contributed by atoms with Crippen molar-refractivity contribution in [3.8, 4) is 5.75 Å². The molecule has 2 N–H and O–H groups in total. The second-order valence-electron chi connectivity index (χ2n) is 3.84. The topological polar surface area (TPSA) is 91.3 Å². The summed E-state index contributed by atoms with van der Waals surface area (Å²) in [6.07, 6.45) is 1.36. The first kappa shape index (κ1) is 13.0. The van der Waals surface area contributed by atoms with Gasteiger partial charge in [-0.3, -0.25) is 0 Å². The Balaban J connectivity index is 2.17. The summed E-state index contributed by atoms with van der Waals surface area (Å²) < 4.78 is 5.47. The Morgan fingerprint density at radius 3 is 2.63 bits per heavy atom. The summed E-state index contributed by atoms with van der Waals surface area (Å²) in [5.74, 6) is -0.132. The summed E-state index contributed by atoms with van der Waals surface area (Å²) >= 11 is 0. The lowest BCUT2D eigenvalue weighted by Gasteiger charge is -2.09. The summed E-state index contributed by atoms with van der Waals surface area (Å²) in [4.78, 5) is 13.9. The van der Waals surface area contributed by atoms with Crippen molar-refractivity contribution in [2.45, 2.75) is 13.2 Å². The number of hydrogen-bond acceptors (Lipinski definition) is 5. The zero-order valence-electron chi connectivity index (χ0n) is 10.2. The average molecular weight is 259 g/mol. The van der Waals surface area contributed by atoms with Gasteiger partial charge in [-0.25, -0.2) is 0 Å². The maximum atomic E-state index is 10.8. The van der Waals surface area contributed by atoms with Crippen LogP contribution in [0.2, 0.25) is 0 Å². The van der Waals surface area contributed by atoms with Crippen molar-refractivity contribution in [1.82, 2.24) is 4.98 Å². The number of nitro groups is 1. The van der Waals surface area contributed by atoms with E-state index in [0.717, 1.165) is 11.1 Å². The molecule has 1 aromatic heterocycles. The third-order valence-corrected chi connectivity index (χ3v) is 2.65. The van der Waals surface area contributed by atoms with Crippen LogP contribution in [0.4, 0.5) is 5.82 Å². The molecular weight excluding hydrogens is 246 g/mol. The molecule has 0 radical (unpaired) electrons. The quantitative estimate of drug-likeness (QED) is 0.655. The first-order chi connectivity index (χ1) is 9.22. The van der Waals surface area contributed by atoms with Crippen LogP contribution < -0.4 is 10.5 Å². The number of rotatable bonds is 5. The lowest BCUT2D eigenvalue weighted by molar-refractivity contribution is -0.390. The van der Waals surface area contributed by atoms with E-state index in [1.54, 1.807) is 6.07 Å². The first-order valence-electron chi connectivity index (χ1n) is 5.71. The summed E-state index contributed by atoms with van der Waals surface area (Å²) in [6.45, 7) is 0.620. The standard InChI is InChI=1S/C13H13N3O3/c14-8-10-4-1-2-5-11(10)9-19-12-6-3-7-15-13(12)16(17)18/h1-7H,8-9,14H2. The lowest BCUT2D eigenvalue weighted by atomic mass is 10.1. The summed E-state index contributed by atoms with van der Waals surface area (Å²) in [7, 11) is 0. The fourth-order valence-corrected chi connectivity index (χ4v) is 1.68. The van der Waals surface area contributed by atoms with E-state index in [-0.39, 0.29) is 18.2 Å². The van der Waals surface area contributed by atoms with Crippen LogP contribution in [0.1, 0.15) is 11.1 Å². The lowest BCUT2D eigenvalue weighted by Crippen LogP contribution is -2.05. The van der Waals surface area contributed by atoms with Crippen LogP contribution in [0.25, 0.3) is 0 Å².